The minimum absolute atomic E-state index is 0.0727. The first-order valence-corrected chi connectivity index (χ1v) is 7.73. The average molecular weight is 398 g/mol. The van der Waals surface area contributed by atoms with Gasteiger partial charge in [0.15, 0.2) is 0 Å². The Kier molecular flexibility index (Phi) is 5.96. The zero-order valence-electron chi connectivity index (χ0n) is 11.9. The number of nitrogens with zero attached hydrogens (tertiary/aromatic N) is 1. The second kappa shape index (κ2) is 7.59. The predicted octanol–water partition coefficient (Wildman–Crippen LogP) is 4.92. The molecular formula is C15H10Cl3F3N2O. The Labute approximate surface area is 150 Å². The Hall–Kier alpha value is -1.50. The van der Waals surface area contributed by atoms with Gasteiger partial charge in [-0.2, -0.15) is 13.2 Å². The summed E-state index contributed by atoms with van der Waals surface area (Å²) >= 11 is 17.7. The molecule has 0 fully saturated rings. The summed E-state index contributed by atoms with van der Waals surface area (Å²) in [5.74, 6) is -0.414. The van der Waals surface area contributed by atoms with Crippen LogP contribution in [0.2, 0.25) is 15.1 Å². The fraction of sp³-hybridized carbons (Fsp3) is 0.200. The molecule has 0 unspecified atom stereocenters. The van der Waals surface area contributed by atoms with E-state index in [1.165, 1.54) is 0 Å². The molecule has 0 spiro atoms. The van der Waals surface area contributed by atoms with Gasteiger partial charge in [-0.1, -0.05) is 40.9 Å². The molecule has 0 radical (unpaired) electrons. The normalized spacial score (nSPS) is 11.4. The Morgan fingerprint density at radius 2 is 1.75 bits per heavy atom. The van der Waals surface area contributed by atoms with Crippen LogP contribution < -0.4 is 5.32 Å². The number of nitrogens with one attached hydrogen (secondary N) is 1. The Morgan fingerprint density at radius 1 is 1.12 bits per heavy atom. The fourth-order valence-corrected chi connectivity index (χ4v) is 2.62. The van der Waals surface area contributed by atoms with Crippen LogP contribution in [-0.2, 0) is 23.9 Å². The van der Waals surface area contributed by atoms with Crippen LogP contribution in [-0.4, -0.2) is 10.9 Å². The van der Waals surface area contributed by atoms with E-state index in [4.69, 9.17) is 34.8 Å². The zero-order valence-corrected chi connectivity index (χ0v) is 14.2. The van der Waals surface area contributed by atoms with Crippen molar-refractivity contribution < 1.29 is 18.0 Å². The third kappa shape index (κ3) is 4.75. The van der Waals surface area contributed by atoms with E-state index in [0.717, 1.165) is 6.07 Å². The number of amides is 1. The first-order chi connectivity index (χ1) is 11.2. The Bertz CT molecular complexity index is 746. The molecule has 0 bridgehead atoms. The van der Waals surface area contributed by atoms with Crippen molar-refractivity contribution in [2.75, 3.05) is 0 Å². The van der Waals surface area contributed by atoms with Crippen molar-refractivity contribution in [3.05, 3.63) is 62.4 Å². The smallest absolute Gasteiger partial charge is 0.350 e. The Morgan fingerprint density at radius 3 is 2.29 bits per heavy atom. The molecule has 24 heavy (non-hydrogen) atoms. The standard InChI is InChI=1S/C15H10Cl3F3N2O/c16-10-2-1-3-11(17)9(10)5-14(24)23-7-13-12(18)4-8(6-22-13)15(19,20)21/h1-4,6H,5,7H2,(H,23,24). The van der Waals surface area contributed by atoms with Crippen molar-refractivity contribution >= 4 is 40.7 Å². The van der Waals surface area contributed by atoms with Crippen LogP contribution in [0.5, 0.6) is 0 Å². The molecule has 2 aromatic rings. The maximum Gasteiger partial charge on any atom is 0.417 e. The maximum atomic E-state index is 12.5. The second-order valence-corrected chi connectivity index (χ2v) is 6.03. The van der Waals surface area contributed by atoms with Crippen LogP contribution in [0, 0.1) is 0 Å². The first kappa shape index (κ1) is 18.8. The highest BCUT2D eigenvalue weighted by molar-refractivity contribution is 6.36. The van der Waals surface area contributed by atoms with E-state index in [-0.39, 0.29) is 23.7 Å². The summed E-state index contributed by atoms with van der Waals surface area (Å²) in [7, 11) is 0. The molecule has 0 saturated heterocycles. The zero-order chi connectivity index (χ0) is 17.9. The highest BCUT2D eigenvalue weighted by Gasteiger charge is 2.31. The van der Waals surface area contributed by atoms with Crippen molar-refractivity contribution in [3.8, 4) is 0 Å². The van der Waals surface area contributed by atoms with E-state index in [0.29, 0.717) is 21.8 Å². The number of halogens is 6. The lowest BCUT2D eigenvalue weighted by molar-refractivity contribution is -0.137. The second-order valence-electron chi connectivity index (χ2n) is 4.80. The monoisotopic (exact) mass is 396 g/mol. The number of aromatic nitrogens is 1. The van der Waals surface area contributed by atoms with Crippen LogP contribution in [0.3, 0.4) is 0 Å². The number of pyridine rings is 1. The third-order valence-corrected chi connectivity index (χ3v) is 4.13. The largest absolute Gasteiger partial charge is 0.417 e. The SMILES string of the molecule is O=C(Cc1c(Cl)cccc1Cl)NCc1ncc(C(F)(F)F)cc1Cl. The van der Waals surface area contributed by atoms with E-state index >= 15 is 0 Å². The van der Waals surface area contributed by atoms with E-state index in [2.05, 4.69) is 10.3 Å². The van der Waals surface area contributed by atoms with Crippen molar-refractivity contribution in [1.82, 2.24) is 10.3 Å². The number of hydrogen-bond acceptors (Lipinski definition) is 2. The summed E-state index contributed by atoms with van der Waals surface area (Å²) in [5, 5.41) is 3.04. The number of carbonyl (C=O) groups excluding carboxylic acids is 1. The molecule has 1 amide bonds. The van der Waals surface area contributed by atoms with Crippen molar-refractivity contribution in [2.24, 2.45) is 0 Å². The molecule has 3 nitrogen and oxygen atoms in total. The quantitative estimate of drug-likeness (QED) is 0.796. The van der Waals surface area contributed by atoms with Gasteiger partial charge in [-0.3, -0.25) is 9.78 Å². The minimum atomic E-state index is -4.53. The predicted molar refractivity (Wildman–Crippen MR) is 86.3 cm³/mol. The molecule has 1 aromatic carbocycles. The molecule has 0 atom stereocenters. The lowest BCUT2D eigenvalue weighted by Gasteiger charge is -2.11. The van der Waals surface area contributed by atoms with Crippen LogP contribution in [0.15, 0.2) is 30.5 Å². The molecule has 0 aliphatic carbocycles. The van der Waals surface area contributed by atoms with Gasteiger partial charge in [0.2, 0.25) is 5.91 Å². The lowest BCUT2D eigenvalue weighted by Crippen LogP contribution is -2.25. The maximum absolute atomic E-state index is 12.5. The van der Waals surface area contributed by atoms with E-state index < -0.39 is 17.6 Å². The summed E-state index contributed by atoms with van der Waals surface area (Å²) in [4.78, 5) is 15.6. The number of alkyl halides is 3. The summed E-state index contributed by atoms with van der Waals surface area (Å²) in [6.07, 6.45) is -3.94. The molecule has 1 heterocycles. The average Bonchev–Trinajstić information content (AvgIpc) is 2.49. The number of benzene rings is 1. The molecule has 1 N–H and O–H groups in total. The van der Waals surface area contributed by atoms with Gasteiger partial charge in [-0.25, -0.2) is 0 Å². The number of carbonyl (C=O) groups is 1. The Balaban J connectivity index is 2.02. The van der Waals surface area contributed by atoms with Crippen LogP contribution in [0.4, 0.5) is 13.2 Å². The summed E-state index contributed by atoms with van der Waals surface area (Å²) in [6, 6.07) is 5.62. The van der Waals surface area contributed by atoms with Gasteiger partial charge in [-0.15, -0.1) is 0 Å². The van der Waals surface area contributed by atoms with Crippen LogP contribution in [0.1, 0.15) is 16.8 Å². The summed E-state index contributed by atoms with van der Waals surface area (Å²) in [6.45, 7) is -0.113. The molecule has 0 saturated carbocycles. The summed E-state index contributed by atoms with van der Waals surface area (Å²) in [5.41, 5.74) is -0.362. The molecule has 0 aliphatic rings. The molecule has 0 aliphatic heterocycles. The van der Waals surface area contributed by atoms with E-state index in [1.807, 2.05) is 0 Å². The van der Waals surface area contributed by atoms with Crippen molar-refractivity contribution in [3.63, 3.8) is 0 Å². The van der Waals surface area contributed by atoms with Gasteiger partial charge >= 0.3 is 6.18 Å². The van der Waals surface area contributed by atoms with Gasteiger partial charge in [-0.05, 0) is 23.8 Å². The number of hydrogen-bond donors (Lipinski definition) is 1. The lowest BCUT2D eigenvalue weighted by atomic mass is 10.1. The van der Waals surface area contributed by atoms with E-state index in [1.54, 1.807) is 18.2 Å². The van der Waals surface area contributed by atoms with Crippen LogP contribution >= 0.6 is 34.8 Å². The van der Waals surface area contributed by atoms with E-state index in [9.17, 15) is 18.0 Å². The molecule has 2 rings (SSSR count). The van der Waals surface area contributed by atoms with Crippen LogP contribution in [0.25, 0.3) is 0 Å². The minimum Gasteiger partial charge on any atom is -0.350 e. The van der Waals surface area contributed by atoms with Gasteiger partial charge < -0.3 is 5.32 Å². The van der Waals surface area contributed by atoms with Crippen molar-refractivity contribution in [1.29, 1.82) is 0 Å². The molecular weight excluding hydrogens is 388 g/mol. The number of rotatable bonds is 4. The summed E-state index contributed by atoms with van der Waals surface area (Å²) < 4.78 is 37.6. The molecule has 128 valence electrons. The van der Waals surface area contributed by atoms with Gasteiger partial charge in [0.1, 0.15) is 0 Å². The first-order valence-electron chi connectivity index (χ1n) is 6.59. The van der Waals surface area contributed by atoms with Gasteiger partial charge in [0, 0.05) is 16.2 Å². The van der Waals surface area contributed by atoms with Gasteiger partial charge in [0.05, 0.1) is 29.2 Å². The van der Waals surface area contributed by atoms with Crippen molar-refractivity contribution in [2.45, 2.75) is 19.1 Å². The highest BCUT2D eigenvalue weighted by Crippen LogP contribution is 2.31. The molecule has 9 heteroatoms. The van der Waals surface area contributed by atoms with Gasteiger partial charge in [0.25, 0.3) is 0 Å². The third-order valence-electron chi connectivity index (χ3n) is 3.10. The topological polar surface area (TPSA) is 42.0 Å². The fourth-order valence-electron chi connectivity index (χ4n) is 1.86. The highest BCUT2D eigenvalue weighted by atomic mass is 35.5. The molecule has 1 aromatic heterocycles.